The summed E-state index contributed by atoms with van der Waals surface area (Å²) in [6.45, 7) is 74.6. The van der Waals surface area contributed by atoms with Gasteiger partial charge in [0.05, 0.1) is 11.2 Å². The van der Waals surface area contributed by atoms with E-state index in [1.807, 2.05) is 159 Å². The molecule has 2 rings (SSSR count). The van der Waals surface area contributed by atoms with Gasteiger partial charge in [0.2, 0.25) is 11.8 Å². The number of nitrogens with one attached hydrogen (secondary N) is 2. The zero-order valence-electron chi connectivity index (χ0n) is 56.0. The molecule has 2 aromatic rings. The van der Waals surface area contributed by atoms with Gasteiger partial charge in [0.25, 0.3) is 10.9 Å². The van der Waals surface area contributed by atoms with Gasteiger partial charge in [-0.05, 0) is 132 Å². The van der Waals surface area contributed by atoms with Crippen LogP contribution < -0.4 is 31.3 Å². The number of Topliss-reactive ketones (excluding diaryl/α,β-unsaturated/α-hetero) is 1. The molecule has 1 aromatic carbocycles. The first-order valence-corrected chi connectivity index (χ1v) is 27.1. The monoisotopic (exact) mass is 1050 g/mol. The van der Waals surface area contributed by atoms with Crippen LogP contribution in [0.5, 0.6) is 0 Å². The third kappa shape index (κ3) is 37.2. The maximum absolute atomic E-state index is 11.8. The summed E-state index contributed by atoms with van der Waals surface area (Å²) in [7, 11) is 3.71. The van der Waals surface area contributed by atoms with E-state index in [4.69, 9.17) is 0 Å². The number of hydrogen-bond donors (Lipinski definition) is 2. The molecule has 0 atom stereocenters. The van der Waals surface area contributed by atoms with Crippen LogP contribution in [-0.4, -0.2) is 68.8 Å². The van der Waals surface area contributed by atoms with Gasteiger partial charge in [0.1, 0.15) is 17.2 Å². The van der Waals surface area contributed by atoms with Crippen molar-refractivity contribution in [3.63, 3.8) is 0 Å². The smallest absolute Gasteiger partial charge is 0.253 e. The Morgan fingerprint density at radius 1 is 0.459 bits per heavy atom. The average Bonchev–Trinajstić information content (AvgIpc) is 3.57. The van der Waals surface area contributed by atoms with E-state index >= 15 is 0 Å². The van der Waals surface area contributed by atoms with E-state index in [1.54, 1.807) is 0 Å². The highest BCUT2D eigenvalue weighted by molar-refractivity contribution is 5.82. The number of rotatable bonds is 4. The Labute approximate surface area is 457 Å². The van der Waals surface area contributed by atoms with Crippen molar-refractivity contribution in [2.24, 2.45) is 32.5 Å². The molecular weight excluding hydrogens is 923 g/mol. The van der Waals surface area contributed by atoms with E-state index in [0.717, 1.165) is 5.69 Å². The van der Waals surface area contributed by atoms with Crippen LogP contribution in [0.25, 0.3) is 0 Å². The number of nitrogens with zero attached hydrogens (tertiary/aromatic N) is 5. The minimum atomic E-state index is -0.376. The van der Waals surface area contributed by atoms with Crippen molar-refractivity contribution in [2.75, 3.05) is 23.9 Å². The summed E-state index contributed by atoms with van der Waals surface area (Å²) in [5.74, 6) is 0.588. The first kappa shape index (κ1) is 76.9. The predicted octanol–water partition coefficient (Wildman–Crippen LogP) is 14.9. The molecule has 0 aliphatic heterocycles. The molecule has 74 heavy (non-hydrogen) atoms. The van der Waals surface area contributed by atoms with E-state index in [9.17, 15) is 24.0 Å². The van der Waals surface area contributed by atoms with Gasteiger partial charge in [0, 0.05) is 71.5 Å². The normalized spacial score (nSPS) is 13.2. The van der Waals surface area contributed by atoms with Crippen molar-refractivity contribution < 1.29 is 14.4 Å². The zero-order valence-corrected chi connectivity index (χ0v) is 56.0. The molecule has 2 amide bonds. The van der Waals surface area contributed by atoms with Crippen LogP contribution in [0, 0.1) is 32.5 Å². The average molecular weight is 1050 g/mol. The molecule has 1 aromatic heterocycles. The summed E-state index contributed by atoms with van der Waals surface area (Å²) >= 11 is 0. The molecule has 2 N–H and O–H groups in total. The fraction of sp³-hybridized carbons (Fsp3) is 0.855. The minimum absolute atomic E-state index is 0.0243. The van der Waals surface area contributed by atoms with Gasteiger partial charge in [0.15, 0.2) is 0 Å². The quantitative estimate of drug-likeness (QED) is 0.286. The molecule has 12 heteroatoms. The summed E-state index contributed by atoms with van der Waals surface area (Å²) in [4.78, 5) is 61.6. The molecule has 436 valence electrons. The third-order valence-electron chi connectivity index (χ3n) is 10.3. The molecule has 0 aliphatic rings. The number of carbonyl (C=O) groups is 3. The highest BCUT2D eigenvalue weighted by atomic mass is 16.2. The van der Waals surface area contributed by atoms with Crippen LogP contribution in [0.4, 0.5) is 11.4 Å². The Morgan fingerprint density at radius 3 is 0.851 bits per heavy atom. The highest BCUT2D eigenvalue weighted by Crippen LogP contribution is 2.33. The summed E-state index contributed by atoms with van der Waals surface area (Å²) < 4.78 is 1.91. The second-order valence-electron chi connectivity index (χ2n) is 33.5. The molecular formula is C62H123N7O5. The van der Waals surface area contributed by atoms with Gasteiger partial charge >= 0.3 is 0 Å². The fourth-order valence-corrected chi connectivity index (χ4v) is 6.49. The molecule has 12 nitrogen and oxygen atoms in total. The number of anilines is 2. The second-order valence-corrected chi connectivity index (χ2v) is 33.5. The van der Waals surface area contributed by atoms with Crippen molar-refractivity contribution in [1.29, 1.82) is 0 Å². The second kappa shape index (κ2) is 27.1. The summed E-state index contributed by atoms with van der Waals surface area (Å²) in [6, 6.07) is 0. The maximum Gasteiger partial charge on any atom is 0.253 e. The summed E-state index contributed by atoms with van der Waals surface area (Å²) in [5, 5.41) is 14.1. The minimum Gasteiger partial charge on any atom is -0.365 e. The topological polar surface area (TPSA) is 147 Å². The zero-order chi connectivity index (χ0) is 61.0. The fourth-order valence-electron chi connectivity index (χ4n) is 6.49. The molecule has 0 spiro atoms. The number of amides is 2. The highest BCUT2D eigenvalue weighted by Gasteiger charge is 2.35. The summed E-state index contributed by atoms with van der Waals surface area (Å²) in [5.41, 5.74) is 1.54. The number of hydrogen-bond acceptors (Lipinski definition) is 9. The van der Waals surface area contributed by atoms with Crippen molar-refractivity contribution in [3.8, 4) is 0 Å². The standard InChI is InChI=1S/C14H24N2O2.C11H22O.C10H19N3.2C9H19NO.C9H20/c1-13(2,3)15(7)9-10(12(18)11(9)17)16(8)14(4,5)6;1-10(2,3)7-9(12)8-11(4,5)6;1-9(2,3)8-7-13(12-11-8)10(4,5)6;2*1-8(2,3)7(11)10-9(4,5)6;1-8(2,3)7-9(4,5)6/h1-8H3;7-8H2,1-6H3;7H,1-6H3;2*1-6H3,(H,10,11);7H2,1-6H3. The van der Waals surface area contributed by atoms with Gasteiger partial charge in [-0.3, -0.25) is 24.0 Å². The van der Waals surface area contributed by atoms with E-state index in [2.05, 4.69) is 146 Å². The molecule has 0 radical (unpaired) electrons. The molecule has 0 saturated carbocycles. The molecule has 0 saturated heterocycles. The summed E-state index contributed by atoms with van der Waals surface area (Å²) in [6.07, 6.45) is 4.72. The molecule has 1 heterocycles. The van der Waals surface area contributed by atoms with Crippen molar-refractivity contribution in [1.82, 2.24) is 25.6 Å². The Bertz CT molecular complexity index is 1920. The number of aromatic nitrogens is 3. The predicted molar refractivity (Wildman–Crippen MR) is 323 cm³/mol. The van der Waals surface area contributed by atoms with E-state index in [0.29, 0.717) is 40.8 Å². The lowest BCUT2D eigenvalue weighted by atomic mass is 9.78. The van der Waals surface area contributed by atoms with Crippen LogP contribution >= 0.6 is 0 Å². The molecule has 0 bridgehead atoms. The largest absolute Gasteiger partial charge is 0.365 e. The van der Waals surface area contributed by atoms with Crippen molar-refractivity contribution in [3.05, 3.63) is 32.3 Å². The number of ketones is 1. The lowest BCUT2D eigenvalue weighted by Crippen LogP contribution is -2.52. The SMILES string of the molecule is CC(C)(C)CC(=O)CC(C)(C)C.CC(C)(C)CC(C)(C)C.CC(C)(C)NC(=O)C(C)(C)C.CC(C)(C)NC(=O)C(C)(C)C.CC(C)(C)c1cn(C(C)(C)C)nn1.CN(c1c(N(C)C(C)(C)C)c(=O)c1=O)C(C)(C)C. The van der Waals surface area contributed by atoms with E-state index < -0.39 is 0 Å². The Kier molecular flexibility index (Phi) is 28.2. The molecule has 0 aliphatic carbocycles. The van der Waals surface area contributed by atoms with Crippen LogP contribution in [0.1, 0.15) is 274 Å². The Morgan fingerprint density at radius 2 is 0.730 bits per heavy atom. The number of carbonyl (C=O) groups excluding carboxylic acids is 3. The van der Waals surface area contributed by atoms with Gasteiger partial charge in [-0.15, -0.1) is 5.10 Å². The van der Waals surface area contributed by atoms with Gasteiger partial charge in [-0.25, -0.2) is 4.68 Å². The van der Waals surface area contributed by atoms with E-state index in [-0.39, 0.29) is 77.4 Å². The van der Waals surface area contributed by atoms with Crippen LogP contribution in [0.15, 0.2) is 15.8 Å². The van der Waals surface area contributed by atoms with Crippen LogP contribution in [0.3, 0.4) is 0 Å². The van der Waals surface area contributed by atoms with Gasteiger partial charge < -0.3 is 20.4 Å². The van der Waals surface area contributed by atoms with Gasteiger partial charge in [-0.2, -0.15) is 0 Å². The third-order valence-corrected chi connectivity index (χ3v) is 10.3. The van der Waals surface area contributed by atoms with Crippen molar-refractivity contribution >= 4 is 29.0 Å². The lowest BCUT2D eigenvalue weighted by molar-refractivity contribution is -0.130. The van der Waals surface area contributed by atoms with Crippen LogP contribution in [-0.2, 0) is 25.3 Å². The molecule has 0 fully saturated rings. The van der Waals surface area contributed by atoms with Gasteiger partial charge in [-0.1, -0.05) is 151 Å². The van der Waals surface area contributed by atoms with Crippen molar-refractivity contribution in [2.45, 2.75) is 302 Å². The first-order chi connectivity index (χ1) is 31.7. The van der Waals surface area contributed by atoms with Crippen LogP contribution in [0.2, 0.25) is 0 Å². The first-order valence-electron chi connectivity index (χ1n) is 27.1. The Hall–Kier alpha value is -3.57. The lowest BCUT2D eigenvalue weighted by Gasteiger charge is -2.41. The Balaban J connectivity index is -0.000000403. The molecule has 0 unspecified atom stereocenters. The maximum atomic E-state index is 11.8. The van der Waals surface area contributed by atoms with E-state index in [1.165, 1.54) is 6.42 Å².